The fourth-order valence-electron chi connectivity index (χ4n) is 2.59. The van der Waals surface area contributed by atoms with Gasteiger partial charge in [-0.25, -0.2) is 4.79 Å². The minimum Gasteiger partial charge on any atom is -0.497 e. The van der Waals surface area contributed by atoms with Crippen molar-refractivity contribution < 1.29 is 29.3 Å². The van der Waals surface area contributed by atoms with Crippen molar-refractivity contribution in [3.8, 4) is 5.75 Å². The summed E-state index contributed by atoms with van der Waals surface area (Å²) in [4.78, 5) is 22.9. The summed E-state index contributed by atoms with van der Waals surface area (Å²) < 4.78 is 10.4. The number of Topliss-reactive ketones (excluding diaryl/α,β-unsaturated/α-hetero) is 1. The van der Waals surface area contributed by atoms with E-state index in [2.05, 4.69) is 0 Å². The van der Waals surface area contributed by atoms with Crippen LogP contribution in [-0.2, 0) is 16.0 Å². The van der Waals surface area contributed by atoms with Crippen LogP contribution in [0.5, 0.6) is 5.75 Å². The maximum absolute atomic E-state index is 12.0. The van der Waals surface area contributed by atoms with E-state index in [-0.39, 0.29) is 18.0 Å². The smallest absolute Gasteiger partial charge is 0.335 e. The molecule has 2 N–H and O–H groups in total. The number of hydrogen-bond acceptors (Lipinski definition) is 5. The molecule has 0 aliphatic rings. The molecule has 1 unspecified atom stereocenters. The van der Waals surface area contributed by atoms with E-state index in [1.807, 2.05) is 24.3 Å². The van der Waals surface area contributed by atoms with Crippen LogP contribution in [0.15, 0.2) is 48.5 Å². The molecule has 2 aromatic carbocycles. The quantitative estimate of drug-likeness (QED) is 0.464. The van der Waals surface area contributed by atoms with Gasteiger partial charge >= 0.3 is 5.97 Å². The van der Waals surface area contributed by atoms with Gasteiger partial charge in [-0.2, -0.15) is 0 Å². The zero-order valence-electron chi connectivity index (χ0n) is 15.3. The Morgan fingerprint density at radius 3 is 2.48 bits per heavy atom. The van der Waals surface area contributed by atoms with Crippen molar-refractivity contribution in [2.24, 2.45) is 0 Å². The number of aryl methyl sites for hydroxylation is 1. The van der Waals surface area contributed by atoms with E-state index in [1.54, 1.807) is 19.2 Å². The predicted octanol–water partition coefficient (Wildman–Crippen LogP) is 3.38. The molecular weight excluding hydrogens is 348 g/mol. The Morgan fingerprint density at radius 2 is 1.81 bits per heavy atom. The van der Waals surface area contributed by atoms with Gasteiger partial charge in [0.05, 0.1) is 19.3 Å². The average molecular weight is 372 g/mol. The summed E-state index contributed by atoms with van der Waals surface area (Å²) in [6.07, 6.45) is 0.789. The van der Waals surface area contributed by atoms with Gasteiger partial charge in [0.1, 0.15) is 11.5 Å². The second-order valence-corrected chi connectivity index (χ2v) is 6.14. The van der Waals surface area contributed by atoms with Gasteiger partial charge in [-0.15, -0.1) is 0 Å². The highest BCUT2D eigenvalue weighted by molar-refractivity contribution is 5.87. The molecule has 0 fully saturated rings. The Bertz CT molecular complexity index is 754. The molecule has 6 nitrogen and oxygen atoms in total. The molecule has 1 atom stereocenters. The molecule has 0 amide bonds. The summed E-state index contributed by atoms with van der Waals surface area (Å²) >= 11 is 0. The second kappa shape index (κ2) is 10.4. The van der Waals surface area contributed by atoms with Gasteiger partial charge in [-0.1, -0.05) is 24.3 Å². The maximum atomic E-state index is 12.0. The summed E-state index contributed by atoms with van der Waals surface area (Å²) in [5, 5.41) is 18.9. The number of hydrogen-bond donors (Lipinski definition) is 2. The van der Waals surface area contributed by atoms with E-state index in [9.17, 15) is 14.7 Å². The minimum absolute atomic E-state index is 0.0869. The summed E-state index contributed by atoms with van der Waals surface area (Å²) in [6, 6.07) is 13.6. The molecule has 6 heteroatoms. The second-order valence-electron chi connectivity index (χ2n) is 6.14. The van der Waals surface area contributed by atoms with Crippen LogP contribution in [0.3, 0.4) is 0 Å². The topological polar surface area (TPSA) is 93.1 Å². The Morgan fingerprint density at radius 1 is 1.07 bits per heavy atom. The molecule has 27 heavy (non-hydrogen) atoms. The molecule has 0 spiro atoms. The number of benzene rings is 2. The number of rotatable bonds is 11. The van der Waals surface area contributed by atoms with E-state index >= 15 is 0 Å². The SMILES string of the molecule is COc1ccc(CCC(=O)CCCOC(O)c2cccc(C(=O)O)c2)cc1. The summed E-state index contributed by atoms with van der Waals surface area (Å²) in [5.74, 6) is -0.141. The highest BCUT2D eigenvalue weighted by atomic mass is 16.6. The Balaban J connectivity index is 1.67. The number of carboxylic acids is 1. The van der Waals surface area contributed by atoms with E-state index < -0.39 is 12.3 Å². The number of aromatic carboxylic acids is 1. The number of methoxy groups -OCH3 is 1. The van der Waals surface area contributed by atoms with Crippen molar-refractivity contribution in [3.05, 3.63) is 65.2 Å². The first-order valence-electron chi connectivity index (χ1n) is 8.77. The van der Waals surface area contributed by atoms with Gasteiger partial charge in [0.15, 0.2) is 6.29 Å². The number of aliphatic hydroxyl groups excluding tert-OH is 1. The van der Waals surface area contributed by atoms with E-state index in [4.69, 9.17) is 14.6 Å². The largest absolute Gasteiger partial charge is 0.497 e. The van der Waals surface area contributed by atoms with Crippen molar-refractivity contribution in [2.75, 3.05) is 13.7 Å². The third-order valence-corrected chi connectivity index (χ3v) is 4.15. The Hall–Kier alpha value is -2.70. The standard InChI is InChI=1S/C21H24O6/c1-26-19-11-8-15(9-12-19)7-10-18(22)6-3-13-27-21(25)17-5-2-4-16(14-17)20(23)24/h2,4-5,8-9,11-12,14,21,25H,3,6-7,10,13H2,1H3,(H,23,24). The predicted molar refractivity (Wildman–Crippen MR) is 99.9 cm³/mol. The first-order chi connectivity index (χ1) is 13.0. The lowest BCUT2D eigenvalue weighted by Gasteiger charge is -2.12. The molecule has 0 radical (unpaired) electrons. The third kappa shape index (κ3) is 6.84. The molecule has 0 aliphatic carbocycles. The van der Waals surface area contributed by atoms with Gasteiger partial charge in [0.25, 0.3) is 0 Å². The van der Waals surface area contributed by atoms with Crippen LogP contribution < -0.4 is 4.74 Å². The highest BCUT2D eigenvalue weighted by Crippen LogP contribution is 2.17. The van der Waals surface area contributed by atoms with Crippen molar-refractivity contribution in [2.45, 2.75) is 32.0 Å². The maximum Gasteiger partial charge on any atom is 0.335 e. The van der Waals surface area contributed by atoms with Crippen molar-refractivity contribution in [1.29, 1.82) is 0 Å². The molecule has 0 bridgehead atoms. The average Bonchev–Trinajstić information content (AvgIpc) is 2.70. The van der Waals surface area contributed by atoms with Crippen LogP contribution in [0.4, 0.5) is 0 Å². The normalized spacial score (nSPS) is 11.8. The van der Waals surface area contributed by atoms with Gasteiger partial charge in [-0.05, 0) is 42.7 Å². The van der Waals surface area contributed by atoms with Crippen LogP contribution in [0.2, 0.25) is 0 Å². The van der Waals surface area contributed by atoms with Crippen molar-refractivity contribution >= 4 is 11.8 Å². The highest BCUT2D eigenvalue weighted by Gasteiger charge is 2.11. The molecule has 2 rings (SSSR count). The monoisotopic (exact) mass is 372 g/mol. The number of carboxylic acid groups (broad SMARTS) is 1. The lowest BCUT2D eigenvalue weighted by molar-refractivity contribution is -0.122. The molecule has 0 aromatic heterocycles. The van der Waals surface area contributed by atoms with Gasteiger partial charge < -0.3 is 19.7 Å². The van der Waals surface area contributed by atoms with Crippen LogP contribution in [0.1, 0.15) is 47.0 Å². The molecule has 0 saturated carbocycles. The summed E-state index contributed by atoms with van der Waals surface area (Å²) in [5.41, 5.74) is 1.54. The number of aliphatic hydroxyl groups is 1. The number of ether oxygens (including phenoxy) is 2. The van der Waals surface area contributed by atoms with Crippen LogP contribution in [-0.4, -0.2) is 35.7 Å². The van der Waals surface area contributed by atoms with Crippen LogP contribution >= 0.6 is 0 Å². The zero-order valence-corrected chi connectivity index (χ0v) is 15.3. The summed E-state index contributed by atoms with van der Waals surface area (Å²) in [6.45, 7) is 0.215. The molecular formula is C21H24O6. The number of ketones is 1. The molecule has 0 saturated heterocycles. The van der Waals surface area contributed by atoms with Crippen LogP contribution in [0, 0.1) is 0 Å². The molecule has 144 valence electrons. The fourth-order valence-corrected chi connectivity index (χ4v) is 2.59. The van der Waals surface area contributed by atoms with E-state index in [0.29, 0.717) is 31.2 Å². The van der Waals surface area contributed by atoms with E-state index in [1.165, 1.54) is 12.1 Å². The summed E-state index contributed by atoms with van der Waals surface area (Å²) in [7, 11) is 1.61. The fraction of sp³-hybridized carbons (Fsp3) is 0.333. The Kier molecular flexibility index (Phi) is 7.98. The van der Waals surface area contributed by atoms with Crippen molar-refractivity contribution in [1.82, 2.24) is 0 Å². The van der Waals surface area contributed by atoms with Gasteiger partial charge in [0.2, 0.25) is 0 Å². The van der Waals surface area contributed by atoms with E-state index in [0.717, 1.165) is 11.3 Å². The van der Waals surface area contributed by atoms with Crippen molar-refractivity contribution in [3.63, 3.8) is 0 Å². The minimum atomic E-state index is -1.21. The third-order valence-electron chi connectivity index (χ3n) is 4.15. The van der Waals surface area contributed by atoms with Gasteiger partial charge in [0, 0.05) is 18.4 Å². The lowest BCUT2D eigenvalue weighted by Crippen LogP contribution is -2.08. The van der Waals surface area contributed by atoms with Crippen LogP contribution in [0.25, 0.3) is 0 Å². The first-order valence-corrected chi connectivity index (χ1v) is 8.77. The van der Waals surface area contributed by atoms with Gasteiger partial charge in [-0.3, -0.25) is 4.79 Å². The zero-order chi connectivity index (χ0) is 19.6. The first kappa shape index (κ1) is 20.6. The Labute approximate surface area is 158 Å². The number of carbonyl (C=O) groups excluding carboxylic acids is 1. The number of carbonyl (C=O) groups is 2. The lowest BCUT2D eigenvalue weighted by atomic mass is 10.1. The molecule has 0 heterocycles. The molecule has 0 aliphatic heterocycles. The molecule has 2 aromatic rings.